The molecule has 0 aliphatic carbocycles. The molecule has 20 heavy (non-hydrogen) atoms. The molecule has 3 nitrogen and oxygen atoms in total. The first-order chi connectivity index (χ1) is 9.46. The van der Waals surface area contributed by atoms with Crippen LogP contribution in [0.3, 0.4) is 0 Å². The number of amides is 1. The number of nitrogens with zero attached hydrogens (tertiary/aromatic N) is 1. The highest BCUT2D eigenvalue weighted by molar-refractivity contribution is 7.10. The summed E-state index contributed by atoms with van der Waals surface area (Å²) in [7, 11) is 0. The molecule has 1 aromatic rings. The number of alkyl halides is 3. The molecule has 1 aromatic heterocycles. The Hall–Kier alpha value is -1.08. The Morgan fingerprint density at radius 1 is 1.50 bits per heavy atom. The molecule has 0 aromatic carbocycles. The largest absolute Gasteiger partial charge is 0.406 e. The Morgan fingerprint density at radius 3 is 2.85 bits per heavy atom. The quantitative estimate of drug-likeness (QED) is 0.856. The summed E-state index contributed by atoms with van der Waals surface area (Å²) < 4.78 is 43.2. The molecule has 7 heteroatoms. The molecule has 0 radical (unpaired) electrons. The summed E-state index contributed by atoms with van der Waals surface area (Å²) in [5, 5.41) is 1.81. The van der Waals surface area contributed by atoms with E-state index in [1.807, 2.05) is 0 Å². The second-order valence-corrected chi connectivity index (χ2v) is 5.80. The molecule has 1 aliphatic heterocycles. The van der Waals surface area contributed by atoms with Crippen LogP contribution in [-0.4, -0.2) is 42.8 Å². The van der Waals surface area contributed by atoms with E-state index in [0.717, 1.165) is 9.78 Å². The van der Waals surface area contributed by atoms with Gasteiger partial charge in [0.2, 0.25) is 5.91 Å². The third-order valence-electron chi connectivity index (χ3n) is 3.15. The van der Waals surface area contributed by atoms with Gasteiger partial charge in [0, 0.05) is 11.5 Å². The highest BCUT2D eigenvalue weighted by Crippen LogP contribution is 2.23. The van der Waals surface area contributed by atoms with E-state index in [0.29, 0.717) is 19.4 Å². The van der Waals surface area contributed by atoms with Crippen molar-refractivity contribution in [3.8, 4) is 0 Å². The van der Waals surface area contributed by atoms with Crippen LogP contribution in [0.25, 0.3) is 0 Å². The van der Waals surface area contributed by atoms with Crippen molar-refractivity contribution in [2.75, 3.05) is 19.8 Å². The molecule has 0 spiro atoms. The molecule has 1 aliphatic rings. The van der Waals surface area contributed by atoms with Crippen molar-refractivity contribution in [2.24, 2.45) is 0 Å². The molecule has 1 saturated heterocycles. The molecule has 2 rings (SSSR count). The van der Waals surface area contributed by atoms with Gasteiger partial charge in [0.25, 0.3) is 0 Å². The van der Waals surface area contributed by atoms with Crippen molar-refractivity contribution >= 4 is 17.2 Å². The zero-order valence-corrected chi connectivity index (χ0v) is 11.7. The molecule has 0 bridgehead atoms. The Morgan fingerprint density at radius 2 is 2.30 bits per heavy atom. The zero-order valence-electron chi connectivity index (χ0n) is 10.9. The standard InChI is InChI=1S/C13H16F3NO2S/c14-13(15,16)9-17(10-3-1-5-19-8-10)12(18)7-11-4-2-6-20-11/h2,4,6,10H,1,3,5,7-9H2. The smallest absolute Gasteiger partial charge is 0.379 e. The van der Waals surface area contributed by atoms with Gasteiger partial charge in [-0.2, -0.15) is 13.2 Å². The Balaban J connectivity index is 2.06. The third kappa shape index (κ3) is 4.49. The predicted molar refractivity (Wildman–Crippen MR) is 69.6 cm³/mol. The van der Waals surface area contributed by atoms with Gasteiger partial charge in [0.05, 0.1) is 19.1 Å². The van der Waals surface area contributed by atoms with Gasteiger partial charge in [-0.25, -0.2) is 0 Å². The van der Waals surface area contributed by atoms with Crippen LogP contribution in [0.5, 0.6) is 0 Å². The second-order valence-electron chi connectivity index (χ2n) is 4.76. The number of carbonyl (C=O) groups is 1. The number of hydrogen-bond acceptors (Lipinski definition) is 3. The Bertz CT molecular complexity index is 427. The van der Waals surface area contributed by atoms with E-state index in [4.69, 9.17) is 4.74 Å². The van der Waals surface area contributed by atoms with Crippen LogP contribution in [0.1, 0.15) is 17.7 Å². The first-order valence-corrected chi connectivity index (χ1v) is 7.30. The minimum absolute atomic E-state index is 0.0181. The first-order valence-electron chi connectivity index (χ1n) is 6.42. The van der Waals surface area contributed by atoms with Gasteiger partial charge in [-0.3, -0.25) is 4.79 Å². The molecule has 0 saturated carbocycles. The Labute approximate surface area is 119 Å². The van der Waals surface area contributed by atoms with Crippen LogP contribution in [0.4, 0.5) is 13.2 Å². The van der Waals surface area contributed by atoms with E-state index < -0.39 is 24.7 Å². The minimum Gasteiger partial charge on any atom is -0.379 e. The van der Waals surface area contributed by atoms with Gasteiger partial charge in [0.15, 0.2) is 0 Å². The third-order valence-corrected chi connectivity index (χ3v) is 4.03. The molecule has 0 N–H and O–H groups in total. The fourth-order valence-electron chi connectivity index (χ4n) is 2.25. The number of ether oxygens (including phenoxy) is 1. The maximum absolute atomic E-state index is 12.7. The van der Waals surface area contributed by atoms with Gasteiger partial charge in [0.1, 0.15) is 6.54 Å². The minimum atomic E-state index is -4.39. The van der Waals surface area contributed by atoms with Gasteiger partial charge >= 0.3 is 6.18 Å². The van der Waals surface area contributed by atoms with Crippen molar-refractivity contribution in [3.63, 3.8) is 0 Å². The number of carbonyl (C=O) groups excluding carboxylic acids is 1. The Kier molecular flexibility index (Phi) is 5.04. The summed E-state index contributed by atoms with van der Waals surface area (Å²) in [4.78, 5) is 13.9. The van der Waals surface area contributed by atoms with E-state index >= 15 is 0 Å². The maximum atomic E-state index is 12.7. The lowest BCUT2D eigenvalue weighted by molar-refractivity contribution is -0.169. The summed E-state index contributed by atoms with van der Waals surface area (Å²) in [5.41, 5.74) is 0. The van der Waals surface area contributed by atoms with Crippen molar-refractivity contribution in [1.82, 2.24) is 4.90 Å². The number of hydrogen-bond donors (Lipinski definition) is 0. The van der Waals surface area contributed by atoms with Crippen LogP contribution < -0.4 is 0 Å². The lowest BCUT2D eigenvalue weighted by atomic mass is 10.1. The van der Waals surface area contributed by atoms with Crippen molar-refractivity contribution in [1.29, 1.82) is 0 Å². The topological polar surface area (TPSA) is 29.5 Å². The molecule has 112 valence electrons. The molecule has 1 unspecified atom stereocenters. The van der Waals surface area contributed by atoms with Crippen LogP contribution in [0.15, 0.2) is 17.5 Å². The van der Waals surface area contributed by atoms with E-state index in [2.05, 4.69) is 0 Å². The molecular weight excluding hydrogens is 291 g/mol. The average Bonchev–Trinajstić information content (AvgIpc) is 2.89. The maximum Gasteiger partial charge on any atom is 0.406 e. The van der Waals surface area contributed by atoms with Crippen LogP contribution in [-0.2, 0) is 16.0 Å². The second kappa shape index (κ2) is 6.58. The molecule has 2 heterocycles. The highest BCUT2D eigenvalue weighted by Gasteiger charge is 2.37. The number of rotatable bonds is 4. The van der Waals surface area contributed by atoms with Crippen molar-refractivity contribution in [2.45, 2.75) is 31.5 Å². The lowest BCUT2D eigenvalue weighted by Gasteiger charge is -2.34. The summed E-state index contributed by atoms with van der Waals surface area (Å²) in [5.74, 6) is -0.486. The van der Waals surface area contributed by atoms with E-state index in [9.17, 15) is 18.0 Å². The van der Waals surface area contributed by atoms with Crippen molar-refractivity contribution in [3.05, 3.63) is 22.4 Å². The number of halogens is 3. The molecule has 1 atom stereocenters. The summed E-state index contributed by atoms with van der Waals surface area (Å²) >= 11 is 1.37. The normalized spacial score (nSPS) is 19.9. The molecule has 1 amide bonds. The van der Waals surface area contributed by atoms with Crippen LogP contribution >= 0.6 is 11.3 Å². The van der Waals surface area contributed by atoms with Crippen LogP contribution in [0.2, 0.25) is 0 Å². The van der Waals surface area contributed by atoms with Crippen LogP contribution in [0, 0.1) is 0 Å². The van der Waals surface area contributed by atoms with Gasteiger partial charge in [-0.15, -0.1) is 11.3 Å². The van der Waals surface area contributed by atoms with Gasteiger partial charge in [-0.05, 0) is 24.3 Å². The van der Waals surface area contributed by atoms with Gasteiger partial charge in [-0.1, -0.05) is 6.07 Å². The lowest BCUT2D eigenvalue weighted by Crippen LogP contribution is -2.49. The monoisotopic (exact) mass is 307 g/mol. The zero-order chi connectivity index (χ0) is 14.6. The van der Waals surface area contributed by atoms with Crippen molar-refractivity contribution < 1.29 is 22.7 Å². The average molecular weight is 307 g/mol. The summed E-state index contributed by atoms with van der Waals surface area (Å²) in [6.45, 7) is -0.465. The number of thiophene rings is 1. The van der Waals surface area contributed by atoms with E-state index in [1.165, 1.54) is 11.3 Å². The van der Waals surface area contributed by atoms with E-state index in [-0.39, 0.29) is 13.0 Å². The van der Waals surface area contributed by atoms with E-state index in [1.54, 1.807) is 17.5 Å². The first kappa shape index (κ1) is 15.3. The SMILES string of the molecule is O=C(Cc1cccs1)N(CC(F)(F)F)C1CCCOC1. The fraction of sp³-hybridized carbons (Fsp3) is 0.615. The van der Waals surface area contributed by atoms with Gasteiger partial charge < -0.3 is 9.64 Å². The fourth-order valence-corrected chi connectivity index (χ4v) is 2.94. The summed E-state index contributed by atoms with van der Waals surface area (Å²) in [6, 6.07) is 3.06. The predicted octanol–water partition coefficient (Wildman–Crippen LogP) is 2.86. The molecule has 1 fully saturated rings. The molecular formula is C13H16F3NO2S. The highest BCUT2D eigenvalue weighted by atomic mass is 32.1. The summed E-state index contributed by atoms with van der Waals surface area (Å²) in [6.07, 6.45) is -3.12.